The molecule has 8 nitrogen and oxygen atoms in total. The standard InChI is InChI=1S/C13H30N4O4SSi/c1-10(8-16-17-15)12(11(14)9-20-22(5,18)19)21-23(6,7)13(2,3)4/h10-12H,8-9,14H2,1-7H3/t10-,11?,12+/m0/s1. The zero-order valence-electron chi connectivity index (χ0n) is 15.1. The maximum atomic E-state index is 11.2. The summed E-state index contributed by atoms with van der Waals surface area (Å²) in [6.07, 6.45) is 0.524. The fourth-order valence-corrected chi connectivity index (χ4v) is 3.55. The number of hydrogen-bond acceptors (Lipinski definition) is 6. The Hall–Kier alpha value is -0.643. The summed E-state index contributed by atoms with van der Waals surface area (Å²) in [4.78, 5) is 2.76. The molecule has 136 valence electrons. The Morgan fingerprint density at radius 3 is 2.26 bits per heavy atom. The number of hydrogen-bond donors (Lipinski definition) is 1. The van der Waals surface area contributed by atoms with Gasteiger partial charge in [0.15, 0.2) is 8.32 Å². The lowest BCUT2D eigenvalue weighted by Gasteiger charge is -2.42. The van der Waals surface area contributed by atoms with E-state index >= 15 is 0 Å². The van der Waals surface area contributed by atoms with Gasteiger partial charge >= 0.3 is 0 Å². The molecule has 0 fully saturated rings. The Morgan fingerprint density at radius 1 is 1.35 bits per heavy atom. The molecule has 3 atom stereocenters. The molecule has 0 saturated heterocycles. The Kier molecular flexibility index (Phi) is 8.22. The molecule has 1 unspecified atom stereocenters. The van der Waals surface area contributed by atoms with Crippen molar-refractivity contribution in [1.29, 1.82) is 0 Å². The van der Waals surface area contributed by atoms with Crippen LogP contribution in [-0.4, -0.2) is 48.3 Å². The fraction of sp³-hybridized carbons (Fsp3) is 1.00. The molecular weight excluding hydrogens is 336 g/mol. The van der Waals surface area contributed by atoms with Gasteiger partial charge in [-0.2, -0.15) is 8.42 Å². The maximum Gasteiger partial charge on any atom is 0.264 e. The third-order valence-electron chi connectivity index (χ3n) is 4.13. The molecular formula is C13H30N4O4SSi. The molecule has 2 N–H and O–H groups in total. The van der Waals surface area contributed by atoms with Gasteiger partial charge in [0.1, 0.15) is 0 Å². The molecule has 0 aliphatic rings. The molecule has 0 aromatic heterocycles. The van der Waals surface area contributed by atoms with E-state index in [9.17, 15) is 8.42 Å². The van der Waals surface area contributed by atoms with E-state index in [1.165, 1.54) is 0 Å². The minimum atomic E-state index is -3.57. The Bertz CT molecular complexity index is 527. The lowest BCUT2D eigenvalue weighted by molar-refractivity contribution is 0.0833. The Morgan fingerprint density at radius 2 is 1.87 bits per heavy atom. The predicted octanol–water partition coefficient (Wildman–Crippen LogP) is 2.63. The van der Waals surface area contributed by atoms with Gasteiger partial charge in [0.2, 0.25) is 0 Å². The monoisotopic (exact) mass is 366 g/mol. The molecule has 10 heteroatoms. The zero-order chi connectivity index (χ0) is 18.5. The number of azide groups is 1. The molecule has 0 aromatic rings. The third kappa shape index (κ3) is 8.14. The van der Waals surface area contributed by atoms with Gasteiger partial charge in [-0.3, -0.25) is 4.18 Å². The van der Waals surface area contributed by atoms with Crippen molar-refractivity contribution >= 4 is 18.4 Å². The molecule has 0 spiro atoms. The highest BCUT2D eigenvalue weighted by atomic mass is 32.2. The minimum Gasteiger partial charge on any atom is -0.412 e. The van der Waals surface area contributed by atoms with Crippen LogP contribution in [0.4, 0.5) is 0 Å². The van der Waals surface area contributed by atoms with Gasteiger partial charge in [0.25, 0.3) is 10.1 Å². The largest absolute Gasteiger partial charge is 0.412 e. The topological polar surface area (TPSA) is 127 Å². The molecule has 0 radical (unpaired) electrons. The highest BCUT2D eigenvalue weighted by Crippen LogP contribution is 2.38. The lowest BCUT2D eigenvalue weighted by atomic mass is 9.99. The summed E-state index contributed by atoms with van der Waals surface area (Å²) in [5.41, 5.74) is 14.6. The van der Waals surface area contributed by atoms with E-state index < -0.39 is 30.6 Å². The fourth-order valence-electron chi connectivity index (χ4n) is 1.71. The Labute approximate surface area is 140 Å². The second kappa shape index (κ2) is 8.45. The van der Waals surface area contributed by atoms with Crippen molar-refractivity contribution in [3.63, 3.8) is 0 Å². The van der Waals surface area contributed by atoms with Crippen molar-refractivity contribution in [2.24, 2.45) is 16.8 Å². The van der Waals surface area contributed by atoms with Crippen LogP contribution in [0.3, 0.4) is 0 Å². The summed E-state index contributed by atoms with van der Waals surface area (Å²) >= 11 is 0. The summed E-state index contributed by atoms with van der Waals surface area (Å²) in [5.74, 6) is -0.154. The van der Waals surface area contributed by atoms with Gasteiger partial charge in [0.05, 0.1) is 25.0 Å². The summed E-state index contributed by atoms with van der Waals surface area (Å²) in [6.45, 7) is 12.4. The molecule has 0 bridgehead atoms. The summed E-state index contributed by atoms with van der Waals surface area (Å²) in [5, 5.41) is 3.55. The third-order valence-corrected chi connectivity index (χ3v) is 9.17. The normalized spacial score (nSPS) is 17.2. The molecule has 0 saturated carbocycles. The zero-order valence-corrected chi connectivity index (χ0v) is 16.9. The van der Waals surface area contributed by atoms with Crippen molar-refractivity contribution in [2.75, 3.05) is 19.4 Å². The van der Waals surface area contributed by atoms with Crippen LogP contribution in [0.15, 0.2) is 5.11 Å². The van der Waals surface area contributed by atoms with Gasteiger partial charge < -0.3 is 10.2 Å². The van der Waals surface area contributed by atoms with Crippen LogP contribution in [0.5, 0.6) is 0 Å². The van der Waals surface area contributed by atoms with E-state index in [4.69, 9.17) is 19.9 Å². The van der Waals surface area contributed by atoms with Crippen LogP contribution >= 0.6 is 0 Å². The predicted molar refractivity (Wildman–Crippen MR) is 94.0 cm³/mol. The van der Waals surface area contributed by atoms with E-state index in [0.29, 0.717) is 0 Å². The smallest absolute Gasteiger partial charge is 0.264 e. The van der Waals surface area contributed by atoms with E-state index in [0.717, 1.165) is 6.26 Å². The first kappa shape index (κ1) is 22.4. The second-order valence-electron chi connectivity index (χ2n) is 7.39. The van der Waals surface area contributed by atoms with Crippen LogP contribution in [0.25, 0.3) is 10.4 Å². The lowest BCUT2D eigenvalue weighted by Crippen LogP contribution is -2.53. The molecule has 0 aromatic carbocycles. The van der Waals surface area contributed by atoms with Crippen molar-refractivity contribution in [1.82, 2.24) is 0 Å². The van der Waals surface area contributed by atoms with E-state index in [2.05, 4.69) is 43.9 Å². The molecule has 23 heavy (non-hydrogen) atoms. The van der Waals surface area contributed by atoms with E-state index in [1.807, 2.05) is 6.92 Å². The second-order valence-corrected chi connectivity index (χ2v) is 13.8. The van der Waals surface area contributed by atoms with E-state index in [-0.39, 0.29) is 24.1 Å². The van der Waals surface area contributed by atoms with Crippen molar-refractivity contribution in [2.45, 2.75) is 58.0 Å². The van der Waals surface area contributed by atoms with E-state index in [1.54, 1.807) is 0 Å². The quantitative estimate of drug-likeness (QED) is 0.220. The molecule has 0 heterocycles. The van der Waals surface area contributed by atoms with Crippen LogP contribution < -0.4 is 5.73 Å². The van der Waals surface area contributed by atoms with Crippen molar-refractivity contribution in [3.05, 3.63) is 10.4 Å². The average Bonchev–Trinajstić information content (AvgIpc) is 2.37. The highest BCUT2D eigenvalue weighted by Gasteiger charge is 2.41. The number of nitrogens with zero attached hydrogens (tertiary/aromatic N) is 3. The van der Waals surface area contributed by atoms with Crippen molar-refractivity contribution in [3.8, 4) is 0 Å². The molecule has 0 aliphatic carbocycles. The summed E-state index contributed by atoms with van der Waals surface area (Å²) < 4.78 is 33.5. The van der Waals surface area contributed by atoms with Crippen molar-refractivity contribution < 1.29 is 17.0 Å². The first-order valence-corrected chi connectivity index (χ1v) is 12.2. The van der Waals surface area contributed by atoms with Crippen LogP contribution in [0.2, 0.25) is 18.1 Å². The van der Waals surface area contributed by atoms with Crippen LogP contribution in [0.1, 0.15) is 27.7 Å². The van der Waals surface area contributed by atoms with Crippen LogP contribution in [0, 0.1) is 5.92 Å². The molecule has 0 rings (SSSR count). The van der Waals surface area contributed by atoms with Crippen LogP contribution in [-0.2, 0) is 18.7 Å². The van der Waals surface area contributed by atoms with Gasteiger partial charge in [0, 0.05) is 11.5 Å². The number of nitrogens with two attached hydrogens (primary N) is 1. The Balaban J connectivity index is 5.26. The first-order chi connectivity index (χ1) is 10.2. The maximum absolute atomic E-state index is 11.2. The SMILES string of the molecule is C[C@@H](CN=[N+]=[N-])[C@@H](O[Si](C)(C)C(C)(C)C)C(N)COS(C)(=O)=O. The van der Waals surface area contributed by atoms with Gasteiger partial charge in [-0.25, -0.2) is 0 Å². The average molecular weight is 367 g/mol. The molecule has 0 amide bonds. The van der Waals surface area contributed by atoms with Gasteiger partial charge in [-0.15, -0.1) is 0 Å². The number of rotatable bonds is 9. The van der Waals surface area contributed by atoms with Gasteiger partial charge in [-0.1, -0.05) is 32.8 Å². The minimum absolute atomic E-state index is 0.0269. The molecule has 0 aliphatic heterocycles. The van der Waals surface area contributed by atoms with Gasteiger partial charge in [-0.05, 0) is 29.6 Å². The summed E-state index contributed by atoms with van der Waals surface area (Å²) in [7, 11) is -5.70. The highest BCUT2D eigenvalue weighted by molar-refractivity contribution is 7.85. The first-order valence-electron chi connectivity index (χ1n) is 7.50. The summed E-state index contributed by atoms with van der Waals surface area (Å²) in [6, 6.07) is -0.636.